The zero-order valence-electron chi connectivity index (χ0n) is 11.6. The number of aldehydes is 1. The summed E-state index contributed by atoms with van der Waals surface area (Å²) in [5, 5.41) is 2.17. The highest BCUT2D eigenvalue weighted by Crippen LogP contribution is 2.29. The lowest BCUT2D eigenvalue weighted by Gasteiger charge is -2.24. The number of rotatable bonds is 3. The van der Waals surface area contributed by atoms with Crippen LogP contribution >= 0.6 is 0 Å². The molecule has 20 heavy (non-hydrogen) atoms. The third-order valence-electron chi connectivity index (χ3n) is 3.80. The Labute approximate surface area is 118 Å². The molecule has 3 heteroatoms. The van der Waals surface area contributed by atoms with Crippen molar-refractivity contribution in [3.05, 3.63) is 41.5 Å². The maximum atomic E-state index is 10.8. The maximum absolute atomic E-state index is 10.8. The topological polar surface area (TPSA) is 35.5 Å². The Kier molecular flexibility index (Phi) is 3.70. The van der Waals surface area contributed by atoms with Gasteiger partial charge < -0.3 is 9.47 Å². The number of fused-ring (bicyclic) bond motifs is 1. The normalized spacial score (nSPS) is 18.9. The van der Waals surface area contributed by atoms with Gasteiger partial charge in [-0.15, -0.1) is 0 Å². The Morgan fingerprint density at radius 1 is 1.25 bits per heavy atom. The van der Waals surface area contributed by atoms with Gasteiger partial charge in [0, 0.05) is 12.0 Å². The molecule has 0 bridgehead atoms. The smallest absolute Gasteiger partial charge is 0.199 e. The molecule has 0 aromatic heterocycles. The van der Waals surface area contributed by atoms with Crippen molar-refractivity contribution in [3.8, 4) is 5.75 Å². The van der Waals surface area contributed by atoms with Crippen LogP contribution in [0.15, 0.2) is 30.3 Å². The average molecular weight is 270 g/mol. The van der Waals surface area contributed by atoms with E-state index in [0.717, 1.165) is 54.2 Å². The van der Waals surface area contributed by atoms with Crippen molar-refractivity contribution in [2.75, 3.05) is 6.61 Å². The molecule has 1 fully saturated rings. The first-order chi connectivity index (χ1) is 9.78. The number of aryl methyl sites for hydroxylation is 1. The van der Waals surface area contributed by atoms with Crippen molar-refractivity contribution in [3.63, 3.8) is 0 Å². The predicted molar refractivity (Wildman–Crippen MR) is 78.3 cm³/mol. The molecule has 0 N–H and O–H groups in total. The van der Waals surface area contributed by atoms with Gasteiger partial charge in [0.25, 0.3) is 0 Å². The van der Waals surface area contributed by atoms with Gasteiger partial charge in [-0.1, -0.05) is 18.2 Å². The Morgan fingerprint density at radius 2 is 2.15 bits per heavy atom. The van der Waals surface area contributed by atoms with E-state index < -0.39 is 0 Å². The van der Waals surface area contributed by atoms with E-state index in [4.69, 9.17) is 9.47 Å². The van der Waals surface area contributed by atoms with Crippen LogP contribution in [0.2, 0.25) is 0 Å². The molecule has 1 aliphatic heterocycles. The van der Waals surface area contributed by atoms with E-state index in [9.17, 15) is 4.79 Å². The number of benzene rings is 2. The predicted octanol–water partition coefficient (Wildman–Crippen LogP) is 3.87. The monoisotopic (exact) mass is 270 g/mol. The largest absolute Gasteiger partial charge is 0.465 e. The van der Waals surface area contributed by atoms with Crippen molar-refractivity contribution < 1.29 is 14.3 Å². The number of carbonyl (C=O) groups is 1. The molecule has 0 spiro atoms. The van der Waals surface area contributed by atoms with Crippen LogP contribution in [-0.4, -0.2) is 19.2 Å². The molecule has 1 saturated heterocycles. The van der Waals surface area contributed by atoms with Crippen LogP contribution in [0.4, 0.5) is 0 Å². The molecular formula is C17H18O3. The molecule has 0 saturated carbocycles. The fourth-order valence-corrected chi connectivity index (χ4v) is 2.63. The van der Waals surface area contributed by atoms with Gasteiger partial charge in [-0.3, -0.25) is 4.79 Å². The minimum Gasteiger partial charge on any atom is -0.465 e. The van der Waals surface area contributed by atoms with E-state index >= 15 is 0 Å². The van der Waals surface area contributed by atoms with Crippen LogP contribution in [0, 0.1) is 6.92 Å². The minimum atomic E-state index is -0.130. The Bertz CT molecular complexity index is 627. The van der Waals surface area contributed by atoms with Crippen molar-refractivity contribution in [1.29, 1.82) is 0 Å². The van der Waals surface area contributed by atoms with E-state index in [2.05, 4.69) is 0 Å². The highest BCUT2D eigenvalue weighted by molar-refractivity contribution is 5.92. The molecule has 3 nitrogen and oxygen atoms in total. The SMILES string of the molecule is Cc1c(OC2CCCCO2)ccc2cc(C=O)ccc12. The summed E-state index contributed by atoms with van der Waals surface area (Å²) in [6, 6.07) is 9.67. The summed E-state index contributed by atoms with van der Waals surface area (Å²) in [4.78, 5) is 10.8. The third kappa shape index (κ3) is 2.54. The van der Waals surface area contributed by atoms with Crippen molar-refractivity contribution in [2.45, 2.75) is 32.5 Å². The molecule has 2 aromatic carbocycles. The number of ether oxygens (including phenoxy) is 2. The van der Waals surface area contributed by atoms with Gasteiger partial charge in [-0.05, 0) is 48.2 Å². The van der Waals surface area contributed by atoms with Crippen LogP contribution in [0.3, 0.4) is 0 Å². The summed E-state index contributed by atoms with van der Waals surface area (Å²) in [7, 11) is 0. The van der Waals surface area contributed by atoms with E-state index in [1.807, 2.05) is 37.3 Å². The second-order valence-electron chi connectivity index (χ2n) is 5.20. The van der Waals surface area contributed by atoms with Gasteiger partial charge in [-0.25, -0.2) is 0 Å². The number of carbonyl (C=O) groups excluding carboxylic acids is 1. The number of hydrogen-bond donors (Lipinski definition) is 0. The Morgan fingerprint density at radius 3 is 2.90 bits per heavy atom. The molecule has 0 aliphatic carbocycles. The summed E-state index contributed by atoms with van der Waals surface area (Å²) < 4.78 is 11.6. The zero-order chi connectivity index (χ0) is 13.9. The molecule has 3 rings (SSSR count). The lowest BCUT2D eigenvalue weighted by Crippen LogP contribution is -2.25. The second kappa shape index (κ2) is 5.63. The fourth-order valence-electron chi connectivity index (χ4n) is 2.63. The van der Waals surface area contributed by atoms with E-state index in [1.54, 1.807) is 0 Å². The first-order valence-electron chi connectivity index (χ1n) is 7.05. The van der Waals surface area contributed by atoms with E-state index in [0.29, 0.717) is 5.56 Å². The quantitative estimate of drug-likeness (QED) is 0.794. The third-order valence-corrected chi connectivity index (χ3v) is 3.80. The van der Waals surface area contributed by atoms with Crippen LogP contribution < -0.4 is 4.74 Å². The summed E-state index contributed by atoms with van der Waals surface area (Å²) in [6.45, 7) is 2.82. The summed E-state index contributed by atoms with van der Waals surface area (Å²) >= 11 is 0. The van der Waals surface area contributed by atoms with E-state index in [1.165, 1.54) is 0 Å². The molecule has 1 aliphatic rings. The molecule has 104 valence electrons. The van der Waals surface area contributed by atoms with E-state index in [-0.39, 0.29) is 6.29 Å². The lowest BCUT2D eigenvalue weighted by atomic mass is 10.0. The Hall–Kier alpha value is -1.87. The molecule has 1 heterocycles. The summed E-state index contributed by atoms with van der Waals surface area (Å²) in [5.74, 6) is 0.864. The molecule has 0 radical (unpaired) electrons. The molecule has 1 atom stereocenters. The van der Waals surface area contributed by atoms with Gasteiger partial charge >= 0.3 is 0 Å². The maximum Gasteiger partial charge on any atom is 0.199 e. The fraction of sp³-hybridized carbons (Fsp3) is 0.353. The molecule has 0 amide bonds. The highest BCUT2D eigenvalue weighted by Gasteiger charge is 2.16. The molecule has 2 aromatic rings. The van der Waals surface area contributed by atoms with Gasteiger partial charge in [0.15, 0.2) is 6.29 Å². The van der Waals surface area contributed by atoms with Crippen molar-refractivity contribution >= 4 is 17.1 Å². The van der Waals surface area contributed by atoms with Crippen molar-refractivity contribution in [1.82, 2.24) is 0 Å². The average Bonchev–Trinajstić information content (AvgIpc) is 2.51. The van der Waals surface area contributed by atoms with Crippen molar-refractivity contribution in [2.24, 2.45) is 0 Å². The minimum absolute atomic E-state index is 0.130. The van der Waals surface area contributed by atoms with Gasteiger partial charge in [0.1, 0.15) is 12.0 Å². The van der Waals surface area contributed by atoms with Crippen LogP contribution in [0.5, 0.6) is 5.75 Å². The first kappa shape index (κ1) is 13.1. The van der Waals surface area contributed by atoms with Gasteiger partial charge in [-0.2, -0.15) is 0 Å². The van der Waals surface area contributed by atoms with Crippen LogP contribution in [-0.2, 0) is 4.74 Å². The standard InChI is InChI=1S/C17H18O3/c1-12-15-7-5-13(11-18)10-14(15)6-8-16(12)20-17-4-2-3-9-19-17/h5-8,10-11,17H,2-4,9H2,1H3. The summed E-state index contributed by atoms with van der Waals surface area (Å²) in [5.41, 5.74) is 1.79. The van der Waals surface area contributed by atoms with Gasteiger partial charge in [0.2, 0.25) is 0 Å². The van der Waals surface area contributed by atoms with Gasteiger partial charge in [0.05, 0.1) is 6.61 Å². The lowest BCUT2D eigenvalue weighted by molar-refractivity contribution is -0.106. The second-order valence-corrected chi connectivity index (χ2v) is 5.20. The summed E-state index contributed by atoms with van der Waals surface area (Å²) in [6.07, 6.45) is 3.95. The molecular weight excluding hydrogens is 252 g/mol. The zero-order valence-corrected chi connectivity index (χ0v) is 11.6. The Balaban J connectivity index is 1.92. The molecule has 1 unspecified atom stereocenters. The highest BCUT2D eigenvalue weighted by atomic mass is 16.7. The number of hydrogen-bond acceptors (Lipinski definition) is 3. The first-order valence-corrected chi connectivity index (χ1v) is 7.05. The van der Waals surface area contributed by atoms with Crippen LogP contribution in [0.1, 0.15) is 35.2 Å². The van der Waals surface area contributed by atoms with Crippen LogP contribution in [0.25, 0.3) is 10.8 Å².